The highest BCUT2D eigenvalue weighted by Gasteiger charge is 2.36. The first kappa shape index (κ1) is 12.5. The van der Waals surface area contributed by atoms with Crippen LogP contribution in [0.25, 0.3) is 0 Å². The summed E-state index contributed by atoms with van der Waals surface area (Å²) in [5.74, 6) is -1.99. The van der Waals surface area contributed by atoms with Crippen LogP contribution in [-0.4, -0.2) is 6.18 Å². The van der Waals surface area contributed by atoms with Crippen LogP contribution in [-0.2, 0) is 0 Å². The van der Waals surface area contributed by atoms with E-state index in [-0.39, 0.29) is 0 Å². The first-order valence-corrected chi connectivity index (χ1v) is 4.20. The number of allylic oxidation sites excluding steroid dienone is 2. The molecule has 0 aliphatic heterocycles. The molecule has 0 fully saturated rings. The molecule has 0 unspecified atom stereocenters. The predicted molar refractivity (Wildman–Crippen MR) is 43.9 cm³/mol. The van der Waals surface area contributed by atoms with Crippen molar-refractivity contribution in [2.45, 2.75) is 39.8 Å². The van der Waals surface area contributed by atoms with Gasteiger partial charge in [0.1, 0.15) is 0 Å². The van der Waals surface area contributed by atoms with Crippen LogP contribution in [0, 0.1) is 5.41 Å². The van der Waals surface area contributed by atoms with Gasteiger partial charge in [-0.15, -0.1) is 0 Å². The summed E-state index contributed by atoms with van der Waals surface area (Å²) in [5, 5.41) is 0. The van der Waals surface area contributed by atoms with Crippen molar-refractivity contribution in [1.29, 1.82) is 0 Å². The van der Waals surface area contributed by atoms with Crippen molar-refractivity contribution in [3.63, 3.8) is 0 Å². The molecule has 0 aromatic carbocycles. The second-order valence-corrected chi connectivity index (χ2v) is 3.35. The van der Waals surface area contributed by atoms with E-state index in [1.54, 1.807) is 20.8 Å². The molecule has 4 heteroatoms. The minimum Gasteiger partial charge on any atom is -0.202 e. The van der Waals surface area contributed by atoms with Gasteiger partial charge in [-0.1, -0.05) is 20.8 Å². The molecule has 0 heterocycles. The molecule has 13 heavy (non-hydrogen) atoms. The molecule has 0 radical (unpaired) electrons. The smallest absolute Gasteiger partial charge is 0.202 e. The van der Waals surface area contributed by atoms with Gasteiger partial charge in [0.25, 0.3) is 0 Å². The Morgan fingerprint density at radius 2 is 1.54 bits per heavy atom. The van der Waals surface area contributed by atoms with Gasteiger partial charge in [-0.3, -0.25) is 0 Å². The molecule has 0 saturated carbocycles. The van der Waals surface area contributed by atoms with Gasteiger partial charge in [-0.25, -0.2) is 4.39 Å². The lowest BCUT2D eigenvalue weighted by atomic mass is 9.84. The molecule has 0 spiro atoms. The zero-order chi connectivity index (χ0) is 10.7. The molecule has 0 aliphatic rings. The number of hydrogen-bond donors (Lipinski definition) is 0. The van der Waals surface area contributed by atoms with Crippen molar-refractivity contribution in [1.82, 2.24) is 0 Å². The molecular formula is C9H14F4. The van der Waals surface area contributed by atoms with E-state index in [1.165, 1.54) is 0 Å². The van der Waals surface area contributed by atoms with Gasteiger partial charge < -0.3 is 0 Å². The van der Waals surface area contributed by atoms with E-state index in [4.69, 9.17) is 0 Å². The zero-order valence-electron chi connectivity index (χ0n) is 8.00. The number of hydrogen-bond acceptors (Lipinski definition) is 0. The first-order chi connectivity index (χ1) is 5.75. The Labute approximate surface area is 75.6 Å². The Morgan fingerprint density at radius 1 is 1.15 bits per heavy atom. The fourth-order valence-corrected chi connectivity index (χ4v) is 0.842. The van der Waals surface area contributed by atoms with Crippen LogP contribution < -0.4 is 0 Å². The summed E-state index contributed by atoms with van der Waals surface area (Å²) < 4.78 is 47.9. The predicted octanol–water partition coefficient (Wildman–Crippen LogP) is 4.23. The van der Waals surface area contributed by atoms with Crippen LogP contribution >= 0.6 is 0 Å². The lowest BCUT2D eigenvalue weighted by Crippen LogP contribution is -2.15. The highest BCUT2D eigenvalue weighted by molar-refractivity contribution is 5.06. The molecule has 78 valence electrons. The second-order valence-electron chi connectivity index (χ2n) is 3.35. The van der Waals surface area contributed by atoms with E-state index in [1.807, 2.05) is 0 Å². The SMILES string of the molecule is CCC(C)(/C=C(\F)C(F)(F)F)CC. The molecule has 0 saturated heterocycles. The number of halogens is 4. The van der Waals surface area contributed by atoms with Gasteiger partial charge in [0, 0.05) is 0 Å². The monoisotopic (exact) mass is 198 g/mol. The Balaban J connectivity index is 4.72. The second kappa shape index (κ2) is 4.11. The molecule has 0 aromatic heterocycles. The zero-order valence-corrected chi connectivity index (χ0v) is 8.00. The Bertz CT molecular complexity index is 186. The van der Waals surface area contributed by atoms with E-state index < -0.39 is 17.4 Å². The van der Waals surface area contributed by atoms with Crippen molar-refractivity contribution in [3.8, 4) is 0 Å². The molecule has 0 aliphatic carbocycles. The van der Waals surface area contributed by atoms with Crippen LogP contribution in [0.3, 0.4) is 0 Å². The third-order valence-corrected chi connectivity index (χ3v) is 2.36. The number of rotatable bonds is 3. The quantitative estimate of drug-likeness (QED) is 0.595. The average Bonchev–Trinajstić information content (AvgIpc) is 2.02. The van der Waals surface area contributed by atoms with Crippen molar-refractivity contribution in [2.75, 3.05) is 0 Å². The largest absolute Gasteiger partial charge is 0.442 e. The fourth-order valence-electron chi connectivity index (χ4n) is 0.842. The molecule has 0 atom stereocenters. The molecule has 0 bridgehead atoms. The van der Waals surface area contributed by atoms with E-state index in [0.29, 0.717) is 18.9 Å². The van der Waals surface area contributed by atoms with E-state index >= 15 is 0 Å². The molecule has 0 aromatic rings. The van der Waals surface area contributed by atoms with Gasteiger partial charge in [-0.05, 0) is 24.3 Å². The van der Waals surface area contributed by atoms with Crippen LogP contribution in [0.4, 0.5) is 17.6 Å². The Kier molecular flexibility index (Phi) is 3.94. The Hall–Kier alpha value is -0.540. The summed E-state index contributed by atoms with van der Waals surface area (Å²) in [7, 11) is 0. The van der Waals surface area contributed by atoms with Crippen LogP contribution in [0.5, 0.6) is 0 Å². The summed E-state index contributed by atoms with van der Waals surface area (Å²) in [4.78, 5) is 0. The molecule has 0 amide bonds. The maximum atomic E-state index is 12.5. The van der Waals surface area contributed by atoms with Crippen molar-refractivity contribution < 1.29 is 17.6 Å². The maximum Gasteiger partial charge on any atom is 0.442 e. The van der Waals surface area contributed by atoms with Crippen LogP contribution in [0.1, 0.15) is 33.6 Å². The van der Waals surface area contributed by atoms with Gasteiger partial charge in [0.15, 0.2) is 0 Å². The normalized spacial score (nSPS) is 14.8. The fraction of sp³-hybridized carbons (Fsp3) is 0.778. The van der Waals surface area contributed by atoms with E-state index in [0.717, 1.165) is 0 Å². The summed E-state index contributed by atoms with van der Waals surface area (Å²) in [5.41, 5.74) is -0.695. The van der Waals surface area contributed by atoms with E-state index in [9.17, 15) is 17.6 Å². The van der Waals surface area contributed by atoms with Crippen LogP contribution in [0.15, 0.2) is 11.9 Å². The van der Waals surface area contributed by atoms with Crippen molar-refractivity contribution >= 4 is 0 Å². The van der Waals surface area contributed by atoms with Gasteiger partial charge >= 0.3 is 6.18 Å². The third kappa shape index (κ3) is 3.79. The first-order valence-electron chi connectivity index (χ1n) is 4.20. The summed E-state index contributed by atoms with van der Waals surface area (Å²) in [6, 6.07) is 0. The van der Waals surface area contributed by atoms with Gasteiger partial charge in [0.2, 0.25) is 5.83 Å². The third-order valence-electron chi connectivity index (χ3n) is 2.36. The van der Waals surface area contributed by atoms with Crippen molar-refractivity contribution in [3.05, 3.63) is 11.9 Å². The highest BCUT2D eigenvalue weighted by atomic mass is 19.4. The summed E-state index contributed by atoms with van der Waals surface area (Å²) in [6.45, 7) is 5.09. The molecule has 0 nitrogen and oxygen atoms in total. The van der Waals surface area contributed by atoms with Crippen LogP contribution in [0.2, 0.25) is 0 Å². The maximum absolute atomic E-state index is 12.5. The lowest BCUT2D eigenvalue weighted by molar-refractivity contribution is -0.109. The lowest BCUT2D eigenvalue weighted by Gasteiger charge is -2.22. The summed E-state index contributed by atoms with van der Waals surface area (Å²) in [6.07, 6.45) is -3.18. The minimum absolute atomic E-state index is 0.493. The molecule has 0 N–H and O–H groups in total. The molecular weight excluding hydrogens is 184 g/mol. The highest BCUT2D eigenvalue weighted by Crippen LogP contribution is 2.34. The minimum atomic E-state index is -4.84. The van der Waals surface area contributed by atoms with Gasteiger partial charge in [0.05, 0.1) is 0 Å². The van der Waals surface area contributed by atoms with E-state index in [2.05, 4.69) is 0 Å². The topological polar surface area (TPSA) is 0 Å². The standard InChI is InChI=1S/C9H14F4/c1-4-8(3,5-2)6-7(10)9(11,12)13/h6H,4-5H2,1-3H3/b7-6-. The Morgan fingerprint density at radius 3 is 1.77 bits per heavy atom. The average molecular weight is 198 g/mol. The molecule has 0 rings (SSSR count). The van der Waals surface area contributed by atoms with Gasteiger partial charge in [-0.2, -0.15) is 13.2 Å². The van der Waals surface area contributed by atoms with Crippen molar-refractivity contribution in [2.24, 2.45) is 5.41 Å². The number of alkyl halides is 3. The summed E-state index contributed by atoms with van der Waals surface area (Å²) >= 11 is 0.